The maximum absolute atomic E-state index is 10.9. The van der Waals surface area contributed by atoms with Crippen LogP contribution in [0.15, 0.2) is 24.4 Å². The third kappa shape index (κ3) is 2.41. The quantitative estimate of drug-likeness (QED) is 0.616. The van der Waals surface area contributed by atoms with Crippen LogP contribution in [0.1, 0.15) is 22.8 Å². The van der Waals surface area contributed by atoms with Gasteiger partial charge in [0.15, 0.2) is 6.29 Å². The Morgan fingerprint density at radius 2 is 2.33 bits per heavy atom. The number of aromatic nitrogens is 1. The van der Waals surface area contributed by atoms with Crippen molar-refractivity contribution in [2.75, 3.05) is 6.54 Å². The molecule has 0 aliphatic heterocycles. The highest BCUT2D eigenvalue weighted by Gasteiger charge is 2.05. The number of hydrogen-bond donors (Lipinski definition) is 2. The molecule has 0 radical (unpaired) electrons. The van der Waals surface area contributed by atoms with E-state index in [9.17, 15) is 9.59 Å². The summed E-state index contributed by atoms with van der Waals surface area (Å²) in [6.07, 6.45) is 2.47. The van der Waals surface area contributed by atoms with E-state index in [4.69, 9.17) is 0 Å². The zero-order valence-electron chi connectivity index (χ0n) is 9.91. The van der Waals surface area contributed by atoms with Crippen molar-refractivity contribution >= 4 is 23.1 Å². The SMILES string of the molecule is CC(=O)NCC#Cc1cccc2[nH]cc(C=O)c12. The van der Waals surface area contributed by atoms with E-state index < -0.39 is 0 Å². The molecule has 0 aliphatic carbocycles. The summed E-state index contributed by atoms with van der Waals surface area (Å²) in [7, 11) is 0. The molecule has 18 heavy (non-hydrogen) atoms. The molecular formula is C14H12N2O2. The number of H-pyrrole nitrogens is 1. The number of carbonyl (C=O) groups excluding carboxylic acids is 2. The Morgan fingerprint density at radius 3 is 3.06 bits per heavy atom. The van der Waals surface area contributed by atoms with Crippen LogP contribution in [0.2, 0.25) is 0 Å². The summed E-state index contributed by atoms with van der Waals surface area (Å²) in [5.41, 5.74) is 2.25. The van der Waals surface area contributed by atoms with Crippen LogP contribution in [0.25, 0.3) is 10.9 Å². The van der Waals surface area contributed by atoms with Crippen LogP contribution in [0.3, 0.4) is 0 Å². The summed E-state index contributed by atoms with van der Waals surface area (Å²) in [4.78, 5) is 24.6. The molecule has 0 atom stereocenters. The van der Waals surface area contributed by atoms with Gasteiger partial charge in [0, 0.05) is 35.2 Å². The van der Waals surface area contributed by atoms with E-state index in [0.717, 1.165) is 22.8 Å². The molecule has 0 unspecified atom stereocenters. The van der Waals surface area contributed by atoms with Gasteiger partial charge in [-0.1, -0.05) is 17.9 Å². The van der Waals surface area contributed by atoms with Gasteiger partial charge in [0.25, 0.3) is 0 Å². The van der Waals surface area contributed by atoms with Crippen molar-refractivity contribution in [3.8, 4) is 11.8 Å². The second kappa shape index (κ2) is 5.19. The van der Waals surface area contributed by atoms with Gasteiger partial charge in [0.05, 0.1) is 6.54 Å². The van der Waals surface area contributed by atoms with E-state index in [-0.39, 0.29) is 5.91 Å². The van der Waals surface area contributed by atoms with E-state index in [1.54, 1.807) is 6.20 Å². The molecule has 0 fully saturated rings. The minimum absolute atomic E-state index is 0.113. The molecule has 4 heteroatoms. The second-order valence-corrected chi connectivity index (χ2v) is 3.80. The lowest BCUT2D eigenvalue weighted by Crippen LogP contribution is -2.19. The Morgan fingerprint density at radius 1 is 1.50 bits per heavy atom. The number of aromatic amines is 1. The molecule has 0 bridgehead atoms. The predicted octanol–water partition coefficient (Wildman–Crippen LogP) is 1.47. The van der Waals surface area contributed by atoms with Gasteiger partial charge in [0.2, 0.25) is 5.91 Å². The van der Waals surface area contributed by atoms with Crippen LogP contribution in [0, 0.1) is 11.8 Å². The van der Waals surface area contributed by atoms with Gasteiger partial charge in [-0.2, -0.15) is 0 Å². The normalized spacial score (nSPS) is 9.61. The van der Waals surface area contributed by atoms with Crippen molar-refractivity contribution in [1.82, 2.24) is 10.3 Å². The van der Waals surface area contributed by atoms with E-state index >= 15 is 0 Å². The molecule has 2 aromatic rings. The molecule has 0 saturated heterocycles. The number of amides is 1. The first-order valence-corrected chi connectivity index (χ1v) is 5.51. The van der Waals surface area contributed by atoms with E-state index in [1.165, 1.54) is 6.92 Å². The third-order valence-corrected chi connectivity index (χ3v) is 2.51. The fourth-order valence-electron chi connectivity index (χ4n) is 1.72. The van der Waals surface area contributed by atoms with Gasteiger partial charge in [-0.05, 0) is 12.1 Å². The van der Waals surface area contributed by atoms with Gasteiger partial charge < -0.3 is 10.3 Å². The summed E-state index contributed by atoms with van der Waals surface area (Å²) < 4.78 is 0. The second-order valence-electron chi connectivity index (χ2n) is 3.80. The fraction of sp³-hybridized carbons (Fsp3) is 0.143. The Kier molecular flexibility index (Phi) is 3.44. The number of rotatable bonds is 2. The summed E-state index contributed by atoms with van der Waals surface area (Å²) in [5, 5.41) is 3.42. The molecule has 1 aromatic carbocycles. The van der Waals surface area contributed by atoms with Crippen LogP contribution in [-0.4, -0.2) is 23.7 Å². The van der Waals surface area contributed by atoms with Crippen molar-refractivity contribution < 1.29 is 9.59 Å². The predicted molar refractivity (Wildman–Crippen MR) is 69.2 cm³/mol. The first-order valence-electron chi connectivity index (χ1n) is 5.51. The monoisotopic (exact) mass is 240 g/mol. The number of fused-ring (bicyclic) bond motifs is 1. The Balaban J connectivity index is 2.35. The highest BCUT2D eigenvalue weighted by Crippen LogP contribution is 2.20. The fourth-order valence-corrected chi connectivity index (χ4v) is 1.72. The zero-order valence-corrected chi connectivity index (χ0v) is 9.91. The number of carbonyl (C=O) groups is 2. The van der Waals surface area contributed by atoms with Crippen LogP contribution >= 0.6 is 0 Å². The number of benzene rings is 1. The average molecular weight is 240 g/mol. The van der Waals surface area contributed by atoms with Gasteiger partial charge in [-0.15, -0.1) is 0 Å². The number of hydrogen-bond acceptors (Lipinski definition) is 2. The first-order chi connectivity index (χ1) is 8.72. The van der Waals surface area contributed by atoms with E-state index in [2.05, 4.69) is 22.1 Å². The molecule has 1 amide bonds. The van der Waals surface area contributed by atoms with Crippen LogP contribution < -0.4 is 5.32 Å². The molecule has 0 spiro atoms. The van der Waals surface area contributed by atoms with Crippen molar-refractivity contribution in [1.29, 1.82) is 0 Å². The van der Waals surface area contributed by atoms with Crippen molar-refractivity contribution in [3.63, 3.8) is 0 Å². The Bertz CT molecular complexity index is 659. The summed E-state index contributed by atoms with van der Waals surface area (Å²) >= 11 is 0. The highest BCUT2D eigenvalue weighted by atomic mass is 16.1. The van der Waals surface area contributed by atoms with Crippen LogP contribution in [-0.2, 0) is 4.79 Å². The van der Waals surface area contributed by atoms with Crippen molar-refractivity contribution in [3.05, 3.63) is 35.5 Å². The maximum atomic E-state index is 10.9. The minimum atomic E-state index is -0.113. The standard InChI is InChI=1S/C14H12N2O2/c1-10(18)15-7-3-5-11-4-2-6-13-14(11)12(9-17)8-16-13/h2,4,6,8-9,16H,7H2,1H3,(H,15,18). The molecular weight excluding hydrogens is 228 g/mol. The zero-order chi connectivity index (χ0) is 13.0. The smallest absolute Gasteiger partial charge is 0.217 e. The topological polar surface area (TPSA) is 62.0 Å². The molecule has 1 heterocycles. The van der Waals surface area contributed by atoms with Gasteiger partial charge in [-0.25, -0.2) is 0 Å². The maximum Gasteiger partial charge on any atom is 0.217 e. The Labute approximate surface area is 104 Å². The average Bonchev–Trinajstić information content (AvgIpc) is 2.78. The minimum Gasteiger partial charge on any atom is -0.360 e. The van der Waals surface area contributed by atoms with E-state index in [1.807, 2.05) is 18.2 Å². The highest BCUT2D eigenvalue weighted by molar-refractivity contribution is 6.00. The molecule has 1 aromatic heterocycles. The summed E-state index contributed by atoms with van der Waals surface area (Å²) in [6.45, 7) is 1.74. The molecule has 0 saturated carbocycles. The van der Waals surface area contributed by atoms with E-state index in [0.29, 0.717) is 12.1 Å². The lowest BCUT2D eigenvalue weighted by Gasteiger charge is -1.96. The van der Waals surface area contributed by atoms with Gasteiger partial charge in [0.1, 0.15) is 0 Å². The van der Waals surface area contributed by atoms with Gasteiger partial charge in [-0.3, -0.25) is 9.59 Å². The number of nitrogens with one attached hydrogen (secondary N) is 2. The Hall–Kier alpha value is -2.54. The third-order valence-electron chi connectivity index (χ3n) is 2.51. The molecule has 4 nitrogen and oxygen atoms in total. The molecule has 0 aliphatic rings. The van der Waals surface area contributed by atoms with Crippen molar-refractivity contribution in [2.24, 2.45) is 0 Å². The van der Waals surface area contributed by atoms with Crippen molar-refractivity contribution in [2.45, 2.75) is 6.92 Å². The van der Waals surface area contributed by atoms with Crippen LogP contribution in [0.4, 0.5) is 0 Å². The molecule has 2 N–H and O–H groups in total. The molecule has 2 rings (SSSR count). The first kappa shape index (κ1) is 11.9. The molecule has 90 valence electrons. The summed E-state index contributed by atoms with van der Waals surface area (Å²) in [6, 6.07) is 5.61. The lowest BCUT2D eigenvalue weighted by atomic mass is 10.1. The summed E-state index contributed by atoms with van der Waals surface area (Å²) in [5.74, 6) is 5.70. The largest absolute Gasteiger partial charge is 0.360 e. The number of aldehydes is 1. The van der Waals surface area contributed by atoms with Gasteiger partial charge >= 0.3 is 0 Å². The van der Waals surface area contributed by atoms with Crippen LogP contribution in [0.5, 0.6) is 0 Å². The lowest BCUT2D eigenvalue weighted by molar-refractivity contribution is -0.118.